The van der Waals surface area contributed by atoms with Gasteiger partial charge in [0.25, 0.3) is 0 Å². The van der Waals surface area contributed by atoms with Gasteiger partial charge in [-0.25, -0.2) is 4.68 Å². The Hall–Kier alpha value is -0.970. The minimum atomic E-state index is 0.0149. The second-order valence-corrected chi connectivity index (χ2v) is 4.83. The maximum Gasteiger partial charge on any atom is 0.168 e. The molecule has 0 aliphatic carbocycles. The van der Waals surface area contributed by atoms with Crippen molar-refractivity contribution in [2.24, 2.45) is 0 Å². The molecule has 1 N–H and O–H groups in total. The van der Waals surface area contributed by atoms with Crippen LogP contribution in [0.15, 0.2) is 0 Å². The van der Waals surface area contributed by atoms with Gasteiger partial charge in [-0.2, -0.15) is 0 Å². The van der Waals surface area contributed by atoms with Gasteiger partial charge in [0, 0.05) is 0 Å². The van der Waals surface area contributed by atoms with Crippen molar-refractivity contribution in [3.05, 3.63) is 5.82 Å². The van der Waals surface area contributed by atoms with Crippen LogP contribution >= 0.6 is 0 Å². The minimum Gasteiger partial charge on any atom is -0.307 e. The largest absolute Gasteiger partial charge is 0.307 e. The molecule has 0 spiro atoms. The molecule has 0 aliphatic heterocycles. The van der Waals surface area contributed by atoms with Crippen molar-refractivity contribution in [1.82, 2.24) is 25.5 Å². The summed E-state index contributed by atoms with van der Waals surface area (Å²) in [5, 5.41) is 15.6. The zero-order chi connectivity index (χ0) is 12.9. The van der Waals surface area contributed by atoms with Crippen LogP contribution in [0.25, 0.3) is 0 Å². The average Bonchev–Trinajstić information content (AvgIpc) is 2.84. The van der Waals surface area contributed by atoms with Gasteiger partial charge in [-0.05, 0) is 50.1 Å². The van der Waals surface area contributed by atoms with E-state index in [4.69, 9.17) is 0 Å². The van der Waals surface area contributed by atoms with Gasteiger partial charge in [-0.1, -0.05) is 20.8 Å². The molecule has 5 heteroatoms. The van der Waals surface area contributed by atoms with Crippen molar-refractivity contribution < 1.29 is 0 Å². The molecule has 5 nitrogen and oxygen atoms in total. The van der Waals surface area contributed by atoms with Crippen LogP contribution in [0.3, 0.4) is 0 Å². The molecule has 0 saturated heterocycles. The second kappa shape index (κ2) is 6.10. The maximum atomic E-state index is 4.17. The molecule has 0 fully saturated rings. The van der Waals surface area contributed by atoms with Gasteiger partial charge in [-0.15, -0.1) is 5.10 Å². The van der Waals surface area contributed by atoms with Crippen molar-refractivity contribution in [2.75, 3.05) is 6.54 Å². The van der Waals surface area contributed by atoms with Crippen LogP contribution < -0.4 is 5.32 Å². The molecule has 1 unspecified atom stereocenters. The van der Waals surface area contributed by atoms with Gasteiger partial charge in [0.05, 0.1) is 11.6 Å². The fraction of sp³-hybridized carbons (Fsp3) is 0.917. The molecular weight excluding hydrogens is 214 g/mol. The lowest BCUT2D eigenvalue weighted by molar-refractivity contribution is 0.244. The standard InChI is InChI=1S/C12H25N5/c1-6-9-13-10(4)11-14-15-16-17(11)12(5,7-2)8-3/h10,13H,6-9H2,1-5H3. The van der Waals surface area contributed by atoms with Gasteiger partial charge >= 0.3 is 0 Å². The van der Waals surface area contributed by atoms with Crippen LogP contribution in [-0.4, -0.2) is 26.8 Å². The van der Waals surface area contributed by atoms with Crippen LogP contribution in [0.1, 0.15) is 65.7 Å². The van der Waals surface area contributed by atoms with E-state index in [0.29, 0.717) is 0 Å². The monoisotopic (exact) mass is 239 g/mol. The van der Waals surface area contributed by atoms with Crippen molar-refractivity contribution in [3.8, 4) is 0 Å². The summed E-state index contributed by atoms with van der Waals surface area (Å²) in [5.41, 5.74) is 0.0149. The zero-order valence-electron chi connectivity index (χ0n) is 11.7. The maximum absolute atomic E-state index is 4.17. The van der Waals surface area contributed by atoms with Crippen molar-refractivity contribution in [3.63, 3.8) is 0 Å². The summed E-state index contributed by atoms with van der Waals surface area (Å²) in [4.78, 5) is 0. The molecule has 0 radical (unpaired) electrons. The molecular formula is C12H25N5. The Labute approximate surface area is 104 Å². The lowest BCUT2D eigenvalue weighted by atomic mass is 9.95. The van der Waals surface area contributed by atoms with Crippen molar-refractivity contribution >= 4 is 0 Å². The SMILES string of the molecule is CCCNC(C)c1nnnn1C(C)(CC)CC. The first-order valence-corrected chi connectivity index (χ1v) is 6.61. The van der Waals surface area contributed by atoms with E-state index >= 15 is 0 Å². The smallest absolute Gasteiger partial charge is 0.168 e. The first-order chi connectivity index (χ1) is 8.09. The molecule has 0 saturated carbocycles. The predicted octanol–water partition coefficient (Wildman–Crippen LogP) is 2.27. The summed E-state index contributed by atoms with van der Waals surface area (Å²) in [6.07, 6.45) is 3.18. The highest BCUT2D eigenvalue weighted by Gasteiger charge is 2.28. The number of hydrogen-bond donors (Lipinski definition) is 1. The number of aromatic nitrogens is 4. The lowest BCUT2D eigenvalue weighted by Gasteiger charge is -2.29. The number of nitrogens with zero attached hydrogens (tertiary/aromatic N) is 4. The minimum absolute atomic E-state index is 0.0149. The van der Waals surface area contributed by atoms with Crippen LogP contribution in [0.4, 0.5) is 0 Å². The molecule has 0 bridgehead atoms. The Morgan fingerprint density at radius 2 is 1.94 bits per heavy atom. The van der Waals surface area contributed by atoms with E-state index in [1.54, 1.807) is 0 Å². The normalized spacial score (nSPS) is 13.9. The highest BCUT2D eigenvalue weighted by atomic mass is 15.6. The van der Waals surface area contributed by atoms with E-state index in [1.807, 2.05) is 4.68 Å². The summed E-state index contributed by atoms with van der Waals surface area (Å²) in [6, 6.07) is 0.197. The molecule has 1 aromatic heterocycles. The summed E-state index contributed by atoms with van der Waals surface area (Å²) in [5.74, 6) is 0.935. The number of nitrogens with one attached hydrogen (secondary N) is 1. The number of hydrogen-bond acceptors (Lipinski definition) is 4. The fourth-order valence-electron chi connectivity index (χ4n) is 1.85. The highest BCUT2D eigenvalue weighted by molar-refractivity contribution is 4.95. The summed E-state index contributed by atoms with van der Waals surface area (Å²) < 4.78 is 1.99. The Bertz CT molecular complexity index is 329. The van der Waals surface area contributed by atoms with Gasteiger partial charge in [-0.3, -0.25) is 0 Å². The number of tetrazole rings is 1. The van der Waals surface area contributed by atoms with Crippen LogP contribution in [0.2, 0.25) is 0 Å². The lowest BCUT2D eigenvalue weighted by Crippen LogP contribution is -2.34. The molecule has 98 valence electrons. The topological polar surface area (TPSA) is 55.6 Å². The first-order valence-electron chi connectivity index (χ1n) is 6.61. The Morgan fingerprint density at radius 1 is 1.29 bits per heavy atom. The van der Waals surface area contributed by atoms with Crippen molar-refractivity contribution in [2.45, 2.75) is 65.5 Å². The first kappa shape index (κ1) is 14.1. The van der Waals surface area contributed by atoms with Crippen LogP contribution in [-0.2, 0) is 5.54 Å². The van der Waals surface area contributed by atoms with Gasteiger partial charge in [0.2, 0.25) is 0 Å². The molecule has 17 heavy (non-hydrogen) atoms. The van der Waals surface area contributed by atoms with Crippen LogP contribution in [0, 0.1) is 0 Å². The Morgan fingerprint density at radius 3 is 2.47 bits per heavy atom. The van der Waals surface area contributed by atoms with E-state index in [1.165, 1.54) is 0 Å². The highest BCUT2D eigenvalue weighted by Crippen LogP contribution is 2.26. The molecule has 1 atom stereocenters. The number of rotatable bonds is 7. The van der Waals surface area contributed by atoms with E-state index in [9.17, 15) is 0 Å². The Kier molecular flexibility index (Phi) is 5.05. The molecule has 0 aromatic carbocycles. The third kappa shape index (κ3) is 3.03. The van der Waals surface area contributed by atoms with E-state index in [0.717, 1.165) is 31.6 Å². The average molecular weight is 239 g/mol. The quantitative estimate of drug-likeness (QED) is 0.793. The summed E-state index contributed by atoms with van der Waals surface area (Å²) in [7, 11) is 0. The van der Waals surface area contributed by atoms with Crippen molar-refractivity contribution in [1.29, 1.82) is 0 Å². The molecule has 0 amide bonds. The van der Waals surface area contributed by atoms with Gasteiger partial charge < -0.3 is 5.32 Å². The molecule has 1 heterocycles. The van der Waals surface area contributed by atoms with E-state index < -0.39 is 0 Å². The zero-order valence-corrected chi connectivity index (χ0v) is 11.7. The van der Waals surface area contributed by atoms with E-state index in [2.05, 4.69) is 55.5 Å². The van der Waals surface area contributed by atoms with Gasteiger partial charge in [0.1, 0.15) is 0 Å². The predicted molar refractivity (Wildman–Crippen MR) is 68.8 cm³/mol. The summed E-state index contributed by atoms with van der Waals surface area (Å²) in [6.45, 7) is 11.8. The fourth-order valence-corrected chi connectivity index (χ4v) is 1.85. The summed E-state index contributed by atoms with van der Waals surface area (Å²) >= 11 is 0. The second-order valence-electron chi connectivity index (χ2n) is 4.83. The van der Waals surface area contributed by atoms with Gasteiger partial charge in [0.15, 0.2) is 5.82 Å². The third-order valence-corrected chi connectivity index (χ3v) is 3.62. The van der Waals surface area contributed by atoms with Crippen LogP contribution in [0.5, 0.6) is 0 Å². The third-order valence-electron chi connectivity index (χ3n) is 3.62. The Balaban J connectivity index is 2.92. The molecule has 0 aliphatic rings. The molecule has 1 aromatic rings. The van der Waals surface area contributed by atoms with E-state index in [-0.39, 0.29) is 11.6 Å². The molecule has 1 rings (SSSR count).